The van der Waals surface area contributed by atoms with Crippen LogP contribution in [0.3, 0.4) is 0 Å². The van der Waals surface area contributed by atoms with Crippen molar-refractivity contribution in [2.45, 2.75) is 76.1 Å². The molecule has 2 saturated heterocycles. The van der Waals surface area contributed by atoms with Crippen molar-refractivity contribution in [3.63, 3.8) is 0 Å². The van der Waals surface area contributed by atoms with Gasteiger partial charge in [0.05, 0.1) is 0 Å². The third-order valence-electron chi connectivity index (χ3n) is 6.80. The van der Waals surface area contributed by atoms with Crippen molar-refractivity contribution in [2.24, 2.45) is 10.9 Å². The Hall–Kier alpha value is -0.474. The number of carbonyl (C=O) groups is 1. The van der Waals surface area contributed by atoms with E-state index in [-0.39, 0.29) is 48.3 Å². The molecule has 0 spiro atoms. The van der Waals surface area contributed by atoms with Crippen LogP contribution in [0.25, 0.3) is 0 Å². The zero-order valence-electron chi connectivity index (χ0n) is 19.2. The summed E-state index contributed by atoms with van der Waals surface area (Å²) in [6.45, 7) is 21.9. The molecular formula is C23H33IN2O2SeSi. The Morgan fingerprint density at radius 2 is 1.90 bits per heavy atom. The predicted molar refractivity (Wildman–Crippen MR) is 137 cm³/mol. The van der Waals surface area contributed by atoms with Crippen LogP contribution >= 0.6 is 22.6 Å². The minimum absolute atomic E-state index is 0.0297. The van der Waals surface area contributed by atoms with Gasteiger partial charge in [-0.1, -0.05) is 0 Å². The summed E-state index contributed by atoms with van der Waals surface area (Å²) in [6, 6.07) is 8.24. The molecule has 164 valence electrons. The van der Waals surface area contributed by atoms with Crippen LogP contribution < -0.4 is 0 Å². The zero-order chi connectivity index (χ0) is 22.6. The molecule has 1 amide bonds. The van der Waals surface area contributed by atoms with Gasteiger partial charge in [-0.05, 0) is 0 Å². The SMILES string of the molecule is C=C(I)C1(C)[Se]C(=Nc2ccc(C)cc2)N2C(=O)[C@H]([C@@H](C)O[Si](C)(C)C(C)(C)C)[C@H]21. The van der Waals surface area contributed by atoms with Gasteiger partial charge in [-0.3, -0.25) is 0 Å². The first-order chi connectivity index (χ1) is 13.7. The number of rotatable bonds is 5. The summed E-state index contributed by atoms with van der Waals surface area (Å²) in [5, 5.41) is 0.113. The number of aryl methyl sites for hydroxylation is 1. The van der Waals surface area contributed by atoms with Gasteiger partial charge in [-0.2, -0.15) is 0 Å². The van der Waals surface area contributed by atoms with Gasteiger partial charge in [0.25, 0.3) is 0 Å². The molecule has 2 aliphatic rings. The van der Waals surface area contributed by atoms with Crippen molar-refractivity contribution >= 4 is 62.2 Å². The van der Waals surface area contributed by atoms with E-state index in [9.17, 15) is 4.79 Å². The molecule has 30 heavy (non-hydrogen) atoms. The third kappa shape index (κ3) is 4.12. The fourth-order valence-electron chi connectivity index (χ4n) is 3.81. The minimum atomic E-state index is -1.96. The second kappa shape index (κ2) is 8.14. The van der Waals surface area contributed by atoms with Crippen molar-refractivity contribution in [1.29, 1.82) is 0 Å². The molecule has 0 aromatic heterocycles. The van der Waals surface area contributed by atoms with Gasteiger partial charge in [0, 0.05) is 0 Å². The number of nitrogens with zero attached hydrogens (tertiary/aromatic N) is 2. The van der Waals surface area contributed by atoms with Crippen LogP contribution in [-0.2, 0) is 9.22 Å². The molecule has 2 heterocycles. The number of aliphatic imine (C=N–C) groups is 1. The van der Waals surface area contributed by atoms with Gasteiger partial charge in [0.15, 0.2) is 0 Å². The Kier molecular flexibility index (Phi) is 6.56. The summed E-state index contributed by atoms with van der Waals surface area (Å²) in [4.78, 5) is 20.2. The van der Waals surface area contributed by atoms with Crippen LogP contribution in [0.1, 0.15) is 40.2 Å². The number of fused-ring (bicyclic) bond motifs is 1. The first kappa shape index (κ1) is 24.2. The zero-order valence-corrected chi connectivity index (χ0v) is 24.1. The van der Waals surface area contributed by atoms with E-state index in [2.05, 4.69) is 95.9 Å². The van der Waals surface area contributed by atoms with Gasteiger partial charge >= 0.3 is 203 Å². The molecule has 1 aromatic carbocycles. The summed E-state index contributed by atoms with van der Waals surface area (Å²) in [7, 11) is -1.96. The molecule has 1 unspecified atom stereocenters. The van der Waals surface area contributed by atoms with Crippen LogP contribution in [0.4, 0.5) is 5.69 Å². The number of hydrogen-bond acceptors (Lipinski definition) is 3. The topological polar surface area (TPSA) is 41.9 Å². The molecule has 0 bridgehead atoms. The average molecular weight is 603 g/mol. The number of amidine groups is 1. The van der Waals surface area contributed by atoms with Crippen molar-refractivity contribution in [3.8, 4) is 0 Å². The maximum absolute atomic E-state index is 13.3. The molecule has 0 saturated carbocycles. The first-order valence-corrected chi connectivity index (χ1v) is 16.1. The Morgan fingerprint density at radius 1 is 1.33 bits per heavy atom. The molecule has 4 atom stereocenters. The maximum atomic E-state index is 13.3. The van der Waals surface area contributed by atoms with Crippen LogP contribution in [-0.4, -0.2) is 51.0 Å². The van der Waals surface area contributed by atoms with Gasteiger partial charge in [0.1, 0.15) is 0 Å². The van der Waals surface area contributed by atoms with E-state index >= 15 is 0 Å². The predicted octanol–water partition coefficient (Wildman–Crippen LogP) is 6.06. The molecule has 3 rings (SSSR count). The molecular weight excluding hydrogens is 570 g/mol. The molecule has 0 aliphatic carbocycles. The fraction of sp³-hybridized carbons (Fsp3) is 0.565. The quantitative estimate of drug-likeness (QED) is 0.233. The summed E-state index contributed by atoms with van der Waals surface area (Å²) in [5.41, 5.74) is 2.11. The Balaban J connectivity index is 1.92. The van der Waals surface area contributed by atoms with Crippen molar-refractivity contribution < 1.29 is 9.22 Å². The Labute approximate surface area is 202 Å². The molecule has 1 aromatic rings. The fourth-order valence-corrected chi connectivity index (χ4v) is 8.89. The van der Waals surface area contributed by atoms with Crippen LogP contribution in [0.5, 0.6) is 0 Å². The van der Waals surface area contributed by atoms with E-state index in [0.717, 1.165) is 14.0 Å². The second-order valence-corrected chi connectivity index (χ2v) is 19.1. The summed E-state index contributed by atoms with van der Waals surface area (Å²) < 4.78 is 8.53. The van der Waals surface area contributed by atoms with E-state index in [0.29, 0.717) is 0 Å². The molecule has 7 heteroatoms. The Bertz CT molecular complexity index is 893. The van der Waals surface area contributed by atoms with E-state index in [1.165, 1.54) is 5.56 Å². The number of β-lactam (4-membered cyclic amide) rings is 1. The number of hydrogen-bond donors (Lipinski definition) is 0. The molecule has 2 aliphatic heterocycles. The monoisotopic (exact) mass is 604 g/mol. The van der Waals surface area contributed by atoms with Crippen molar-refractivity contribution in [2.75, 3.05) is 0 Å². The van der Waals surface area contributed by atoms with E-state index in [1.807, 2.05) is 17.0 Å². The summed E-state index contributed by atoms with van der Waals surface area (Å²) >= 11 is 2.37. The molecule has 0 radical (unpaired) electrons. The number of halogens is 1. The van der Waals surface area contributed by atoms with Gasteiger partial charge in [-0.15, -0.1) is 0 Å². The van der Waals surface area contributed by atoms with Crippen molar-refractivity contribution in [1.82, 2.24) is 4.90 Å². The number of benzene rings is 1. The van der Waals surface area contributed by atoms with E-state index in [4.69, 9.17) is 9.42 Å². The standard InChI is InChI=1S/C23H33IN2O2SeSi/c1-14-10-12-17(13-11-14)25-21-26-19(23(7,29-21)16(3)24)18(20(26)27)15(2)28-30(8,9)22(4,5)6/h10-13,15,18-19H,3H2,1-2,4-9H3/t15-,18-,19+,23?/m1/s1. The van der Waals surface area contributed by atoms with Crippen LogP contribution in [0, 0.1) is 12.8 Å². The van der Waals surface area contributed by atoms with Crippen LogP contribution in [0.15, 0.2) is 39.4 Å². The van der Waals surface area contributed by atoms with Crippen molar-refractivity contribution in [3.05, 3.63) is 40.0 Å². The van der Waals surface area contributed by atoms with Gasteiger partial charge < -0.3 is 0 Å². The third-order valence-corrected chi connectivity index (χ3v) is 16.2. The molecule has 4 nitrogen and oxygen atoms in total. The number of amides is 1. The Morgan fingerprint density at radius 3 is 2.40 bits per heavy atom. The first-order valence-electron chi connectivity index (χ1n) is 10.4. The van der Waals surface area contributed by atoms with E-state index in [1.54, 1.807) is 0 Å². The van der Waals surface area contributed by atoms with Crippen LogP contribution in [0.2, 0.25) is 22.4 Å². The van der Waals surface area contributed by atoms with Gasteiger partial charge in [0.2, 0.25) is 0 Å². The van der Waals surface area contributed by atoms with E-state index < -0.39 is 8.32 Å². The summed E-state index contributed by atoms with van der Waals surface area (Å²) in [5.74, 6) is 0.0172. The van der Waals surface area contributed by atoms with Gasteiger partial charge in [-0.25, -0.2) is 0 Å². The molecule has 0 N–H and O–H groups in total. The second-order valence-electron chi connectivity index (χ2n) is 10.1. The normalized spacial score (nSPS) is 29.0. The molecule has 2 fully saturated rings. The number of carbonyl (C=O) groups excluding carboxylic acids is 1. The average Bonchev–Trinajstić information content (AvgIpc) is 2.84. The summed E-state index contributed by atoms with van der Waals surface area (Å²) in [6.07, 6.45) is -0.107.